The van der Waals surface area contributed by atoms with Gasteiger partial charge in [-0.05, 0) is 43.5 Å². The molecule has 3 rings (SSSR count). The highest BCUT2D eigenvalue weighted by Crippen LogP contribution is 2.36. The second kappa shape index (κ2) is 7.33. The van der Waals surface area contributed by atoms with Crippen molar-refractivity contribution < 1.29 is 31.1 Å². The number of rotatable bonds is 3. The number of carbonyl (C=O) groups excluding carboxylic acids is 1. The maximum atomic E-state index is 13.1. The monoisotopic (exact) mass is 403 g/mol. The number of alkyl halides is 6. The van der Waals surface area contributed by atoms with E-state index in [9.17, 15) is 31.1 Å². The van der Waals surface area contributed by atoms with Gasteiger partial charge in [0.1, 0.15) is 5.69 Å². The molecular formula is C18H15F6N3O. The summed E-state index contributed by atoms with van der Waals surface area (Å²) in [5.74, 6) is -0.409. The Balaban J connectivity index is 1.84. The topological polar surface area (TPSA) is 46.9 Å². The number of aromatic nitrogens is 2. The molecule has 150 valence electrons. The second-order valence-electron chi connectivity index (χ2n) is 6.34. The molecule has 1 unspecified atom stereocenters. The molecular weight excluding hydrogens is 388 g/mol. The van der Waals surface area contributed by atoms with Crippen molar-refractivity contribution in [3.05, 3.63) is 53.9 Å². The third-order valence-corrected chi connectivity index (χ3v) is 4.31. The van der Waals surface area contributed by atoms with Crippen LogP contribution in [-0.2, 0) is 17.1 Å². The standard InChI is InChI=1S/C18H15F6N3O/c19-17(20,21)14-10-15(18(22,23)24)27(26-14)13-8-6-12(7-9-13)25-16(28)11-4-2-1-3-5-11/h1-2,6-11H,3-5H2,(H,25,28). The van der Waals surface area contributed by atoms with E-state index in [2.05, 4.69) is 10.4 Å². The number of carbonyl (C=O) groups is 1. The molecule has 1 heterocycles. The molecule has 0 saturated heterocycles. The van der Waals surface area contributed by atoms with E-state index < -0.39 is 23.7 Å². The van der Waals surface area contributed by atoms with Gasteiger partial charge in [-0.2, -0.15) is 31.4 Å². The van der Waals surface area contributed by atoms with Gasteiger partial charge >= 0.3 is 12.4 Å². The van der Waals surface area contributed by atoms with Gasteiger partial charge in [-0.3, -0.25) is 4.79 Å². The Morgan fingerprint density at radius 1 is 1.04 bits per heavy atom. The SMILES string of the molecule is O=C(Nc1ccc(-n2nc(C(F)(F)F)cc2C(F)(F)F)cc1)C1CC=CCC1. The highest BCUT2D eigenvalue weighted by Gasteiger charge is 2.42. The Hall–Kier alpha value is -2.78. The van der Waals surface area contributed by atoms with Crippen LogP contribution in [-0.4, -0.2) is 15.7 Å². The average Bonchev–Trinajstić information content (AvgIpc) is 3.09. The van der Waals surface area contributed by atoms with Gasteiger partial charge in [-0.1, -0.05) is 12.2 Å². The first-order valence-electron chi connectivity index (χ1n) is 8.36. The van der Waals surface area contributed by atoms with E-state index >= 15 is 0 Å². The molecule has 10 heteroatoms. The Morgan fingerprint density at radius 2 is 1.71 bits per heavy atom. The van der Waals surface area contributed by atoms with Crippen LogP contribution in [0.5, 0.6) is 0 Å². The van der Waals surface area contributed by atoms with Gasteiger partial charge in [0, 0.05) is 17.7 Å². The fraction of sp³-hybridized carbons (Fsp3) is 0.333. The minimum atomic E-state index is -5.02. The summed E-state index contributed by atoms with van der Waals surface area (Å²) >= 11 is 0. The summed E-state index contributed by atoms with van der Waals surface area (Å²) in [5.41, 5.74) is -3.05. The normalized spacial score (nSPS) is 17.6. The molecule has 1 aliphatic rings. The molecule has 0 fully saturated rings. The van der Waals surface area contributed by atoms with Gasteiger partial charge < -0.3 is 5.32 Å². The first-order valence-corrected chi connectivity index (χ1v) is 8.36. The lowest BCUT2D eigenvalue weighted by Gasteiger charge is -2.17. The zero-order valence-electron chi connectivity index (χ0n) is 14.3. The molecule has 1 N–H and O–H groups in total. The van der Waals surface area contributed by atoms with Crippen LogP contribution in [0.4, 0.5) is 32.0 Å². The number of nitrogens with one attached hydrogen (secondary N) is 1. The zero-order valence-corrected chi connectivity index (χ0v) is 14.3. The molecule has 1 aromatic carbocycles. The summed E-state index contributed by atoms with van der Waals surface area (Å²) < 4.78 is 77.8. The van der Waals surface area contributed by atoms with Crippen LogP contribution in [0, 0.1) is 5.92 Å². The highest BCUT2D eigenvalue weighted by atomic mass is 19.4. The quantitative estimate of drug-likeness (QED) is 0.565. The van der Waals surface area contributed by atoms with Crippen molar-refractivity contribution in [1.82, 2.24) is 9.78 Å². The van der Waals surface area contributed by atoms with Crippen LogP contribution in [0.3, 0.4) is 0 Å². The zero-order chi connectivity index (χ0) is 20.5. The molecule has 0 saturated carbocycles. The summed E-state index contributed by atoms with van der Waals surface area (Å²) in [6.07, 6.45) is -4.04. The molecule has 0 aliphatic heterocycles. The van der Waals surface area contributed by atoms with Crippen molar-refractivity contribution in [2.75, 3.05) is 5.32 Å². The van der Waals surface area contributed by atoms with E-state index in [1.165, 1.54) is 24.3 Å². The summed E-state index contributed by atoms with van der Waals surface area (Å²) in [4.78, 5) is 12.2. The van der Waals surface area contributed by atoms with Crippen LogP contribution < -0.4 is 5.32 Å². The predicted octanol–water partition coefficient (Wildman–Crippen LogP) is 5.20. The number of amides is 1. The number of anilines is 1. The van der Waals surface area contributed by atoms with Crippen molar-refractivity contribution in [2.45, 2.75) is 31.6 Å². The highest BCUT2D eigenvalue weighted by molar-refractivity contribution is 5.92. The van der Waals surface area contributed by atoms with Crippen molar-refractivity contribution in [1.29, 1.82) is 0 Å². The second-order valence-corrected chi connectivity index (χ2v) is 6.34. The van der Waals surface area contributed by atoms with E-state index in [0.29, 0.717) is 18.5 Å². The number of benzene rings is 1. The third-order valence-electron chi connectivity index (χ3n) is 4.31. The smallest absolute Gasteiger partial charge is 0.326 e. The van der Waals surface area contributed by atoms with Crippen molar-refractivity contribution in [3.8, 4) is 5.69 Å². The van der Waals surface area contributed by atoms with Gasteiger partial charge in [0.15, 0.2) is 5.69 Å². The van der Waals surface area contributed by atoms with E-state index in [-0.39, 0.29) is 28.3 Å². The van der Waals surface area contributed by atoms with Crippen molar-refractivity contribution in [2.24, 2.45) is 5.92 Å². The minimum absolute atomic E-state index is 0.0354. The lowest BCUT2D eigenvalue weighted by Crippen LogP contribution is -2.23. The summed E-state index contributed by atoms with van der Waals surface area (Å²) in [5, 5.41) is 5.72. The number of halogens is 6. The summed E-state index contributed by atoms with van der Waals surface area (Å²) in [6, 6.07) is 4.94. The van der Waals surface area contributed by atoms with Crippen LogP contribution >= 0.6 is 0 Å². The van der Waals surface area contributed by atoms with Gasteiger partial charge in [0.25, 0.3) is 0 Å². The Morgan fingerprint density at radius 3 is 2.25 bits per heavy atom. The largest absolute Gasteiger partial charge is 0.435 e. The molecule has 28 heavy (non-hydrogen) atoms. The fourth-order valence-corrected chi connectivity index (χ4v) is 2.88. The maximum absolute atomic E-state index is 13.1. The molecule has 4 nitrogen and oxygen atoms in total. The van der Waals surface area contributed by atoms with Crippen LogP contribution in [0.1, 0.15) is 30.7 Å². The molecule has 1 aliphatic carbocycles. The Bertz CT molecular complexity index is 880. The molecule has 0 radical (unpaired) electrons. The number of allylic oxidation sites excluding steroid dienone is 2. The molecule has 0 bridgehead atoms. The van der Waals surface area contributed by atoms with Gasteiger partial charge in [0.05, 0.1) is 5.69 Å². The molecule has 0 spiro atoms. The van der Waals surface area contributed by atoms with Crippen molar-refractivity contribution in [3.63, 3.8) is 0 Å². The van der Waals surface area contributed by atoms with Gasteiger partial charge in [-0.25, -0.2) is 4.68 Å². The van der Waals surface area contributed by atoms with Crippen LogP contribution in [0.25, 0.3) is 5.69 Å². The van der Waals surface area contributed by atoms with E-state index in [4.69, 9.17) is 0 Å². The molecule has 1 aromatic heterocycles. The van der Waals surface area contributed by atoms with Gasteiger partial charge in [-0.15, -0.1) is 0 Å². The minimum Gasteiger partial charge on any atom is -0.326 e. The van der Waals surface area contributed by atoms with E-state index in [1.807, 2.05) is 12.2 Å². The van der Waals surface area contributed by atoms with Crippen LogP contribution in [0.15, 0.2) is 42.5 Å². The number of nitrogens with zero attached hydrogens (tertiary/aromatic N) is 2. The number of hydrogen-bond acceptors (Lipinski definition) is 2. The Labute approximate surface area is 155 Å². The lowest BCUT2D eigenvalue weighted by molar-refractivity contribution is -0.143. The lowest BCUT2D eigenvalue weighted by atomic mass is 9.93. The Kier molecular flexibility index (Phi) is 5.22. The van der Waals surface area contributed by atoms with Crippen LogP contribution in [0.2, 0.25) is 0 Å². The molecule has 2 aromatic rings. The summed E-state index contributed by atoms with van der Waals surface area (Å²) in [7, 11) is 0. The van der Waals surface area contributed by atoms with E-state index in [0.717, 1.165) is 6.42 Å². The number of hydrogen-bond donors (Lipinski definition) is 1. The molecule has 1 amide bonds. The first kappa shape index (κ1) is 20.0. The fourth-order valence-electron chi connectivity index (χ4n) is 2.88. The summed E-state index contributed by atoms with van der Waals surface area (Å²) in [6.45, 7) is 0. The van der Waals surface area contributed by atoms with E-state index in [1.54, 1.807) is 0 Å². The first-order chi connectivity index (χ1) is 13.1. The predicted molar refractivity (Wildman–Crippen MR) is 88.7 cm³/mol. The van der Waals surface area contributed by atoms with Gasteiger partial charge in [0.2, 0.25) is 5.91 Å². The maximum Gasteiger partial charge on any atom is 0.435 e. The third kappa shape index (κ3) is 4.37. The molecule has 1 atom stereocenters. The average molecular weight is 403 g/mol. The van der Waals surface area contributed by atoms with Crippen molar-refractivity contribution >= 4 is 11.6 Å².